The largest absolute Gasteiger partial charge is 0.476 e. The lowest BCUT2D eigenvalue weighted by molar-refractivity contribution is 0.0689. The Bertz CT molecular complexity index is 590. The first-order valence-electron chi connectivity index (χ1n) is 5.03. The van der Waals surface area contributed by atoms with Crippen LogP contribution >= 0.6 is 0 Å². The summed E-state index contributed by atoms with van der Waals surface area (Å²) in [6.45, 7) is 1.79. The van der Waals surface area contributed by atoms with Gasteiger partial charge in [0, 0.05) is 12.6 Å². The highest BCUT2D eigenvalue weighted by Crippen LogP contribution is 2.23. The molecule has 0 aliphatic heterocycles. The molecule has 0 aliphatic carbocycles. The van der Waals surface area contributed by atoms with E-state index in [4.69, 9.17) is 5.11 Å². The molecule has 0 bridgehead atoms. The number of carboxylic acid groups (broad SMARTS) is 1. The number of benzene rings is 1. The highest BCUT2D eigenvalue weighted by atomic mass is 19.1. The zero-order chi connectivity index (χ0) is 12.6. The molecule has 2 rings (SSSR count). The van der Waals surface area contributed by atoms with E-state index in [-0.39, 0.29) is 11.5 Å². The summed E-state index contributed by atoms with van der Waals surface area (Å²) < 4.78 is 15.1. The fourth-order valence-corrected chi connectivity index (χ4v) is 1.65. The fraction of sp³-hybridized carbons (Fsp3) is 0.167. The van der Waals surface area contributed by atoms with Crippen LogP contribution in [0.2, 0.25) is 0 Å². The van der Waals surface area contributed by atoms with Crippen LogP contribution in [0.1, 0.15) is 16.1 Å². The number of aromatic carboxylic acids is 1. The van der Waals surface area contributed by atoms with Crippen molar-refractivity contribution in [1.82, 2.24) is 9.78 Å². The first-order valence-corrected chi connectivity index (χ1v) is 5.03. The SMILES string of the molecule is Cc1ccc(-c2cc(C(=O)O)nn2C)c(F)c1. The molecular weight excluding hydrogens is 223 g/mol. The standard InChI is InChI=1S/C12H11FN2O2/c1-7-3-4-8(9(13)5-7)11-6-10(12(16)17)14-15(11)2/h3-6H,1-2H3,(H,16,17). The van der Waals surface area contributed by atoms with Gasteiger partial charge >= 0.3 is 5.97 Å². The van der Waals surface area contributed by atoms with Gasteiger partial charge in [-0.15, -0.1) is 0 Å². The average molecular weight is 234 g/mol. The van der Waals surface area contributed by atoms with E-state index in [1.54, 1.807) is 26.1 Å². The van der Waals surface area contributed by atoms with E-state index in [0.29, 0.717) is 11.3 Å². The van der Waals surface area contributed by atoms with E-state index in [1.165, 1.54) is 16.8 Å². The molecule has 0 saturated heterocycles. The van der Waals surface area contributed by atoms with Crippen LogP contribution in [0, 0.1) is 12.7 Å². The van der Waals surface area contributed by atoms with Crippen LogP contribution in [0.5, 0.6) is 0 Å². The predicted octanol–water partition coefficient (Wildman–Crippen LogP) is 2.23. The number of nitrogens with zero attached hydrogens (tertiary/aromatic N) is 2. The second-order valence-corrected chi connectivity index (χ2v) is 3.83. The van der Waals surface area contributed by atoms with E-state index in [0.717, 1.165) is 5.56 Å². The third-order valence-corrected chi connectivity index (χ3v) is 2.50. The molecule has 0 saturated carbocycles. The van der Waals surface area contributed by atoms with Gasteiger partial charge in [-0.2, -0.15) is 5.10 Å². The minimum absolute atomic E-state index is 0.0949. The molecule has 5 heteroatoms. The molecule has 0 fully saturated rings. The first-order chi connectivity index (χ1) is 7.99. The quantitative estimate of drug-likeness (QED) is 0.866. The molecule has 0 spiro atoms. The monoisotopic (exact) mass is 234 g/mol. The second kappa shape index (κ2) is 4.01. The predicted molar refractivity (Wildman–Crippen MR) is 60.3 cm³/mol. The van der Waals surface area contributed by atoms with Crippen molar-refractivity contribution in [1.29, 1.82) is 0 Å². The lowest BCUT2D eigenvalue weighted by Gasteiger charge is -2.04. The van der Waals surface area contributed by atoms with Gasteiger partial charge in [0.15, 0.2) is 5.69 Å². The molecule has 4 nitrogen and oxygen atoms in total. The van der Waals surface area contributed by atoms with E-state index < -0.39 is 5.97 Å². The summed E-state index contributed by atoms with van der Waals surface area (Å²) in [5, 5.41) is 12.6. The van der Waals surface area contributed by atoms with E-state index in [9.17, 15) is 9.18 Å². The van der Waals surface area contributed by atoms with Crippen LogP contribution in [0.3, 0.4) is 0 Å². The van der Waals surface area contributed by atoms with Crippen molar-refractivity contribution in [3.8, 4) is 11.3 Å². The van der Waals surface area contributed by atoms with Gasteiger partial charge in [-0.3, -0.25) is 4.68 Å². The highest BCUT2D eigenvalue weighted by molar-refractivity contribution is 5.87. The zero-order valence-electron chi connectivity index (χ0n) is 9.44. The van der Waals surface area contributed by atoms with Crippen LogP contribution in [0.25, 0.3) is 11.3 Å². The number of rotatable bonds is 2. The van der Waals surface area contributed by atoms with E-state index in [2.05, 4.69) is 5.10 Å². The van der Waals surface area contributed by atoms with Crippen molar-refractivity contribution in [2.75, 3.05) is 0 Å². The van der Waals surface area contributed by atoms with Gasteiger partial charge in [-0.25, -0.2) is 9.18 Å². The molecular formula is C12H11FN2O2. The molecule has 2 aromatic rings. The lowest BCUT2D eigenvalue weighted by Crippen LogP contribution is -1.99. The summed E-state index contributed by atoms with van der Waals surface area (Å²) in [5.41, 5.74) is 1.51. The van der Waals surface area contributed by atoms with Crippen molar-refractivity contribution >= 4 is 5.97 Å². The third kappa shape index (κ3) is 2.04. The topological polar surface area (TPSA) is 55.1 Å². The van der Waals surface area contributed by atoms with Gasteiger partial charge in [0.1, 0.15) is 5.82 Å². The number of carboxylic acids is 1. The highest BCUT2D eigenvalue weighted by Gasteiger charge is 2.15. The summed E-state index contributed by atoms with van der Waals surface area (Å²) in [6.07, 6.45) is 0. The Labute approximate surface area is 97.3 Å². The summed E-state index contributed by atoms with van der Waals surface area (Å²) >= 11 is 0. The smallest absolute Gasteiger partial charge is 0.356 e. The van der Waals surface area contributed by atoms with Crippen LogP contribution in [0.15, 0.2) is 24.3 Å². The number of hydrogen-bond donors (Lipinski definition) is 1. The maximum Gasteiger partial charge on any atom is 0.356 e. The summed E-state index contributed by atoms with van der Waals surface area (Å²) in [6, 6.07) is 6.15. The van der Waals surface area contributed by atoms with Crippen molar-refractivity contribution in [2.24, 2.45) is 7.05 Å². The van der Waals surface area contributed by atoms with Gasteiger partial charge in [0.05, 0.1) is 5.69 Å². The molecule has 1 aromatic heterocycles. The number of hydrogen-bond acceptors (Lipinski definition) is 2. The molecule has 17 heavy (non-hydrogen) atoms. The maximum atomic E-state index is 13.7. The Morgan fingerprint density at radius 2 is 2.12 bits per heavy atom. The molecule has 0 aliphatic rings. The molecule has 1 aromatic carbocycles. The van der Waals surface area contributed by atoms with Crippen molar-refractivity contribution in [3.63, 3.8) is 0 Å². The van der Waals surface area contributed by atoms with Crippen molar-refractivity contribution in [3.05, 3.63) is 41.3 Å². The Morgan fingerprint density at radius 1 is 1.41 bits per heavy atom. The van der Waals surface area contributed by atoms with E-state index in [1.807, 2.05) is 0 Å². The van der Waals surface area contributed by atoms with Gasteiger partial charge in [0.25, 0.3) is 0 Å². The maximum absolute atomic E-state index is 13.7. The molecule has 0 unspecified atom stereocenters. The van der Waals surface area contributed by atoms with Crippen molar-refractivity contribution in [2.45, 2.75) is 6.92 Å². The molecule has 1 heterocycles. The van der Waals surface area contributed by atoms with E-state index >= 15 is 0 Å². The molecule has 88 valence electrons. The first kappa shape index (κ1) is 11.3. The van der Waals surface area contributed by atoms with Gasteiger partial charge < -0.3 is 5.11 Å². The summed E-state index contributed by atoms with van der Waals surface area (Å²) in [4.78, 5) is 10.8. The van der Waals surface area contributed by atoms with Gasteiger partial charge in [-0.05, 0) is 30.7 Å². The fourth-order valence-electron chi connectivity index (χ4n) is 1.65. The molecule has 0 amide bonds. The minimum Gasteiger partial charge on any atom is -0.476 e. The van der Waals surface area contributed by atoms with Gasteiger partial charge in [-0.1, -0.05) is 6.07 Å². The molecule has 0 radical (unpaired) electrons. The normalized spacial score (nSPS) is 10.5. The minimum atomic E-state index is -1.13. The third-order valence-electron chi connectivity index (χ3n) is 2.50. The van der Waals surface area contributed by atoms with Gasteiger partial charge in [0.2, 0.25) is 0 Å². The number of aromatic nitrogens is 2. The van der Waals surface area contributed by atoms with Crippen LogP contribution < -0.4 is 0 Å². The summed E-state index contributed by atoms with van der Waals surface area (Å²) in [7, 11) is 1.58. The van der Waals surface area contributed by atoms with Crippen molar-refractivity contribution < 1.29 is 14.3 Å². The number of carbonyl (C=O) groups is 1. The summed E-state index contributed by atoms with van der Waals surface area (Å²) in [5.74, 6) is -1.51. The number of aryl methyl sites for hydroxylation is 2. The molecule has 1 N–H and O–H groups in total. The Hall–Kier alpha value is -2.17. The van der Waals surface area contributed by atoms with Crippen LogP contribution in [-0.4, -0.2) is 20.9 Å². The van der Waals surface area contributed by atoms with Crippen LogP contribution in [-0.2, 0) is 7.05 Å². The van der Waals surface area contributed by atoms with Crippen LogP contribution in [0.4, 0.5) is 4.39 Å². The second-order valence-electron chi connectivity index (χ2n) is 3.83. The Kier molecular flexibility index (Phi) is 2.67. The number of halogens is 1. The average Bonchev–Trinajstić information content (AvgIpc) is 2.61. The Morgan fingerprint density at radius 3 is 2.65 bits per heavy atom. The zero-order valence-corrected chi connectivity index (χ0v) is 9.44. The molecule has 0 atom stereocenters. The Balaban J connectivity index is 2.56. The lowest BCUT2D eigenvalue weighted by atomic mass is 10.1.